The van der Waals surface area contributed by atoms with E-state index >= 15 is 0 Å². The first kappa shape index (κ1) is 15.7. The standard InChI is InChI=1S/C20H17FN2O/c21-19-12-5-4-7-15(19)13-20(24)23-18-11-6-10-17(14-18)22-16-8-2-1-3-9-16/h1-12,14,22H,13H2,(H,23,24). The summed E-state index contributed by atoms with van der Waals surface area (Å²) in [6.07, 6.45) is 0.00299. The van der Waals surface area contributed by atoms with Crippen LogP contribution in [-0.2, 0) is 11.2 Å². The largest absolute Gasteiger partial charge is 0.355 e. The number of benzene rings is 3. The molecule has 0 spiro atoms. The zero-order valence-corrected chi connectivity index (χ0v) is 13.0. The van der Waals surface area contributed by atoms with Crippen molar-refractivity contribution in [1.29, 1.82) is 0 Å². The van der Waals surface area contributed by atoms with E-state index in [1.807, 2.05) is 48.5 Å². The van der Waals surface area contributed by atoms with Gasteiger partial charge in [0.25, 0.3) is 0 Å². The summed E-state index contributed by atoms with van der Waals surface area (Å²) < 4.78 is 13.6. The minimum atomic E-state index is -0.368. The van der Waals surface area contributed by atoms with Gasteiger partial charge >= 0.3 is 0 Å². The van der Waals surface area contributed by atoms with Crippen LogP contribution in [0.5, 0.6) is 0 Å². The first-order valence-electron chi connectivity index (χ1n) is 7.66. The summed E-state index contributed by atoms with van der Waals surface area (Å²) in [5.41, 5.74) is 2.88. The molecule has 0 aliphatic rings. The monoisotopic (exact) mass is 320 g/mol. The normalized spacial score (nSPS) is 10.2. The van der Waals surface area contributed by atoms with Crippen LogP contribution in [0.2, 0.25) is 0 Å². The number of anilines is 3. The molecular formula is C20H17FN2O. The van der Waals surface area contributed by atoms with Crippen molar-refractivity contribution in [2.45, 2.75) is 6.42 Å². The van der Waals surface area contributed by atoms with E-state index in [1.165, 1.54) is 6.07 Å². The summed E-state index contributed by atoms with van der Waals surface area (Å²) in [6, 6.07) is 23.5. The summed E-state index contributed by atoms with van der Waals surface area (Å²) in [5.74, 6) is -0.621. The molecule has 0 bridgehead atoms. The van der Waals surface area contributed by atoms with Crippen LogP contribution in [0.3, 0.4) is 0 Å². The summed E-state index contributed by atoms with van der Waals surface area (Å²) >= 11 is 0. The Bertz CT molecular complexity index is 834. The van der Waals surface area contributed by atoms with Gasteiger partial charge in [0.1, 0.15) is 5.82 Å². The molecule has 0 fully saturated rings. The van der Waals surface area contributed by atoms with Gasteiger partial charge in [-0.05, 0) is 42.0 Å². The Labute approximate surface area is 140 Å². The second kappa shape index (κ2) is 7.42. The van der Waals surface area contributed by atoms with Crippen LogP contribution in [0, 0.1) is 5.82 Å². The Morgan fingerprint density at radius 1 is 0.792 bits per heavy atom. The molecule has 0 aliphatic carbocycles. The van der Waals surface area contributed by atoms with Crippen LogP contribution in [0.15, 0.2) is 78.9 Å². The lowest BCUT2D eigenvalue weighted by atomic mass is 10.1. The van der Waals surface area contributed by atoms with Crippen LogP contribution in [-0.4, -0.2) is 5.91 Å². The molecule has 3 nitrogen and oxygen atoms in total. The summed E-state index contributed by atoms with van der Waals surface area (Å²) in [4.78, 5) is 12.1. The lowest BCUT2D eigenvalue weighted by molar-refractivity contribution is -0.115. The quantitative estimate of drug-likeness (QED) is 0.712. The lowest BCUT2D eigenvalue weighted by Gasteiger charge is -2.10. The van der Waals surface area contributed by atoms with Gasteiger partial charge in [-0.2, -0.15) is 0 Å². The average molecular weight is 320 g/mol. The number of nitrogens with one attached hydrogen (secondary N) is 2. The van der Waals surface area contributed by atoms with Gasteiger partial charge in [0.05, 0.1) is 6.42 Å². The van der Waals surface area contributed by atoms with Crippen molar-refractivity contribution in [3.05, 3.63) is 90.2 Å². The Morgan fingerprint density at radius 3 is 2.25 bits per heavy atom. The third-order valence-corrected chi connectivity index (χ3v) is 3.52. The molecule has 0 radical (unpaired) electrons. The van der Waals surface area contributed by atoms with Gasteiger partial charge in [-0.25, -0.2) is 4.39 Å². The van der Waals surface area contributed by atoms with Gasteiger partial charge in [0.15, 0.2) is 0 Å². The zero-order chi connectivity index (χ0) is 16.8. The summed E-state index contributed by atoms with van der Waals surface area (Å²) in [6.45, 7) is 0. The molecule has 3 rings (SSSR count). The number of rotatable bonds is 5. The number of para-hydroxylation sites is 1. The molecule has 0 heterocycles. The van der Waals surface area contributed by atoms with Crippen molar-refractivity contribution in [2.75, 3.05) is 10.6 Å². The van der Waals surface area contributed by atoms with Crippen molar-refractivity contribution in [3.8, 4) is 0 Å². The van der Waals surface area contributed by atoms with E-state index < -0.39 is 0 Å². The molecular weight excluding hydrogens is 303 g/mol. The van der Waals surface area contributed by atoms with Crippen LogP contribution in [0.1, 0.15) is 5.56 Å². The van der Waals surface area contributed by atoms with E-state index in [9.17, 15) is 9.18 Å². The molecule has 120 valence electrons. The lowest BCUT2D eigenvalue weighted by Crippen LogP contribution is -2.15. The van der Waals surface area contributed by atoms with E-state index in [4.69, 9.17) is 0 Å². The van der Waals surface area contributed by atoms with Gasteiger partial charge < -0.3 is 10.6 Å². The minimum Gasteiger partial charge on any atom is -0.355 e. The number of halogens is 1. The topological polar surface area (TPSA) is 41.1 Å². The van der Waals surface area contributed by atoms with Crippen LogP contribution in [0.25, 0.3) is 0 Å². The predicted octanol–water partition coefficient (Wildman–Crippen LogP) is 4.75. The molecule has 2 N–H and O–H groups in total. The number of carbonyl (C=O) groups is 1. The van der Waals surface area contributed by atoms with Crippen molar-refractivity contribution in [2.24, 2.45) is 0 Å². The maximum Gasteiger partial charge on any atom is 0.228 e. The summed E-state index contributed by atoms with van der Waals surface area (Å²) in [7, 11) is 0. The fraction of sp³-hybridized carbons (Fsp3) is 0.0500. The van der Waals surface area contributed by atoms with Crippen LogP contribution >= 0.6 is 0 Å². The molecule has 0 saturated heterocycles. The molecule has 0 aromatic heterocycles. The van der Waals surface area contributed by atoms with E-state index in [2.05, 4.69) is 10.6 Å². The Morgan fingerprint density at radius 2 is 1.46 bits per heavy atom. The highest BCUT2D eigenvalue weighted by atomic mass is 19.1. The maximum atomic E-state index is 13.6. The third-order valence-electron chi connectivity index (χ3n) is 3.52. The molecule has 4 heteroatoms. The van der Waals surface area contributed by atoms with E-state index in [0.717, 1.165) is 11.4 Å². The molecule has 3 aromatic carbocycles. The van der Waals surface area contributed by atoms with Crippen molar-refractivity contribution < 1.29 is 9.18 Å². The van der Waals surface area contributed by atoms with Crippen molar-refractivity contribution in [3.63, 3.8) is 0 Å². The first-order valence-corrected chi connectivity index (χ1v) is 7.66. The Balaban J connectivity index is 1.66. The predicted molar refractivity (Wildman–Crippen MR) is 94.9 cm³/mol. The van der Waals surface area contributed by atoms with Crippen LogP contribution in [0.4, 0.5) is 21.5 Å². The molecule has 0 unspecified atom stereocenters. The molecule has 0 saturated carbocycles. The number of carbonyl (C=O) groups excluding carboxylic acids is 1. The molecule has 1 amide bonds. The maximum absolute atomic E-state index is 13.6. The second-order valence-electron chi connectivity index (χ2n) is 5.39. The SMILES string of the molecule is O=C(Cc1ccccc1F)Nc1cccc(Nc2ccccc2)c1. The molecule has 0 aliphatic heterocycles. The summed E-state index contributed by atoms with van der Waals surface area (Å²) in [5, 5.41) is 6.06. The second-order valence-corrected chi connectivity index (χ2v) is 5.39. The highest BCUT2D eigenvalue weighted by Crippen LogP contribution is 2.20. The number of hydrogen-bond donors (Lipinski definition) is 2. The smallest absolute Gasteiger partial charge is 0.228 e. The minimum absolute atomic E-state index is 0.00299. The highest BCUT2D eigenvalue weighted by Gasteiger charge is 2.08. The van der Waals surface area contributed by atoms with Crippen LogP contribution < -0.4 is 10.6 Å². The van der Waals surface area contributed by atoms with Crippen molar-refractivity contribution >= 4 is 23.0 Å². The van der Waals surface area contributed by atoms with Gasteiger partial charge in [0, 0.05) is 17.1 Å². The van der Waals surface area contributed by atoms with Crippen molar-refractivity contribution in [1.82, 2.24) is 0 Å². The van der Waals surface area contributed by atoms with Gasteiger partial charge in [0.2, 0.25) is 5.91 Å². The molecule has 0 atom stereocenters. The molecule has 24 heavy (non-hydrogen) atoms. The van der Waals surface area contributed by atoms with Gasteiger partial charge in [-0.3, -0.25) is 4.79 Å². The first-order chi connectivity index (χ1) is 11.7. The Hall–Kier alpha value is -3.14. The van der Waals surface area contributed by atoms with E-state index in [0.29, 0.717) is 11.3 Å². The highest BCUT2D eigenvalue weighted by molar-refractivity contribution is 5.92. The molecule has 3 aromatic rings. The fourth-order valence-electron chi connectivity index (χ4n) is 2.38. The number of amides is 1. The number of hydrogen-bond acceptors (Lipinski definition) is 2. The third kappa shape index (κ3) is 4.20. The van der Waals surface area contributed by atoms with Gasteiger partial charge in [-0.15, -0.1) is 0 Å². The zero-order valence-electron chi connectivity index (χ0n) is 13.0. The van der Waals surface area contributed by atoms with Gasteiger partial charge in [-0.1, -0.05) is 42.5 Å². The Kier molecular flexibility index (Phi) is 4.87. The van der Waals surface area contributed by atoms with E-state index in [1.54, 1.807) is 24.3 Å². The average Bonchev–Trinajstić information content (AvgIpc) is 2.58. The van der Waals surface area contributed by atoms with E-state index in [-0.39, 0.29) is 18.1 Å². The fourth-order valence-corrected chi connectivity index (χ4v) is 2.38.